The third-order valence-corrected chi connectivity index (χ3v) is 5.11. The van der Waals surface area contributed by atoms with Gasteiger partial charge in [0.15, 0.2) is 5.82 Å². The zero-order chi connectivity index (χ0) is 22.8. The number of alkyl halides is 2. The van der Waals surface area contributed by atoms with Gasteiger partial charge in [-0.05, 0) is 24.3 Å². The van der Waals surface area contributed by atoms with Crippen LogP contribution < -0.4 is 15.0 Å². The molecule has 0 radical (unpaired) electrons. The fourth-order valence-electron chi connectivity index (χ4n) is 3.59. The lowest BCUT2D eigenvalue weighted by Crippen LogP contribution is -2.37. The van der Waals surface area contributed by atoms with Gasteiger partial charge in [0.05, 0.1) is 37.7 Å². The summed E-state index contributed by atoms with van der Waals surface area (Å²) >= 11 is 0. The molecule has 33 heavy (non-hydrogen) atoms. The molecular formula is C21H20F2N8O2. The van der Waals surface area contributed by atoms with Crippen LogP contribution in [0.15, 0.2) is 42.7 Å². The minimum absolute atomic E-state index is 0.0175. The number of morpholine rings is 1. The first-order chi connectivity index (χ1) is 16.1. The molecule has 0 atom stereocenters. The zero-order valence-electron chi connectivity index (χ0n) is 17.7. The summed E-state index contributed by atoms with van der Waals surface area (Å²) < 4.78 is 40.1. The van der Waals surface area contributed by atoms with Crippen LogP contribution in [0, 0.1) is 0 Å². The van der Waals surface area contributed by atoms with Crippen molar-refractivity contribution in [1.29, 1.82) is 0 Å². The molecule has 1 fully saturated rings. The Labute approximate surface area is 187 Å². The maximum absolute atomic E-state index is 14.0. The summed E-state index contributed by atoms with van der Waals surface area (Å²) in [5.41, 5.74) is 1.34. The predicted octanol–water partition coefficient (Wildman–Crippen LogP) is 3.13. The van der Waals surface area contributed by atoms with E-state index >= 15 is 0 Å². The Morgan fingerprint density at radius 3 is 2.58 bits per heavy atom. The average molecular weight is 454 g/mol. The summed E-state index contributed by atoms with van der Waals surface area (Å²) in [7, 11) is 1.46. The predicted molar refractivity (Wildman–Crippen MR) is 117 cm³/mol. The summed E-state index contributed by atoms with van der Waals surface area (Å²) in [6.07, 6.45) is 0.392. The number of halogens is 2. The van der Waals surface area contributed by atoms with Crippen LogP contribution in [0.5, 0.6) is 5.75 Å². The highest BCUT2D eigenvalue weighted by atomic mass is 19.3. The van der Waals surface area contributed by atoms with Crippen LogP contribution in [0.2, 0.25) is 0 Å². The molecule has 1 aromatic carbocycles. The number of aromatic nitrogens is 6. The Hall–Kier alpha value is -3.93. The molecule has 5 rings (SSSR count). The molecule has 0 amide bonds. The van der Waals surface area contributed by atoms with Gasteiger partial charge in [0, 0.05) is 19.3 Å². The van der Waals surface area contributed by atoms with Crippen molar-refractivity contribution in [3.8, 4) is 11.7 Å². The number of rotatable bonds is 6. The van der Waals surface area contributed by atoms with Crippen molar-refractivity contribution in [2.24, 2.45) is 0 Å². The third kappa shape index (κ3) is 4.12. The standard InChI is InChI=1S/C21H20F2N8O2/c1-32-15-6-2-5-14-16(15)26-18(17(22)23)31(14)21-28-19(25-13-4-3-7-24-12-13)27-20(29-21)30-8-10-33-11-9-30/h2-7,12,17H,8-11H2,1H3,(H,25,27,28,29). The molecule has 170 valence electrons. The van der Waals surface area contributed by atoms with Gasteiger partial charge in [-0.15, -0.1) is 0 Å². The van der Waals surface area contributed by atoms with Gasteiger partial charge in [-0.25, -0.2) is 13.8 Å². The number of hydrogen-bond donors (Lipinski definition) is 1. The fraction of sp³-hybridized carbons (Fsp3) is 0.286. The van der Waals surface area contributed by atoms with E-state index in [1.165, 1.54) is 11.7 Å². The highest BCUT2D eigenvalue weighted by Crippen LogP contribution is 2.32. The number of para-hydroxylation sites is 1. The molecule has 4 aromatic rings. The van der Waals surface area contributed by atoms with Gasteiger partial charge in [-0.3, -0.25) is 9.55 Å². The Bertz CT molecular complexity index is 1260. The van der Waals surface area contributed by atoms with Gasteiger partial charge in [0.25, 0.3) is 6.43 Å². The first kappa shape index (κ1) is 20.9. The maximum atomic E-state index is 14.0. The lowest BCUT2D eigenvalue weighted by Gasteiger charge is -2.27. The summed E-state index contributed by atoms with van der Waals surface area (Å²) in [6.45, 7) is 2.16. The van der Waals surface area contributed by atoms with Crippen LogP contribution in [0.3, 0.4) is 0 Å². The largest absolute Gasteiger partial charge is 0.494 e. The Morgan fingerprint density at radius 1 is 1.03 bits per heavy atom. The molecule has 1 aliphatic rings. The van der Waals surface area contributed by atoms with Gasteiger partial charge < -0.3 is 19.7 Å². The van der Waals surface area contributed by atoms with E-state index in [4.69, 9.17) is 9.47 Å². The second kappa shape index (κ2) is 8.90. The van der Waals surface area contributed by atoms with Gasteiger partial charge in [0.1, 0.15) is 11.3 Å². The summed E-state index contributed by atoms with van der Waals surface area (Å²) in [4.78, 5) is 23.6. The van der Waals surface area contributed by atoms with Crippen LogP contribution in [0.4, 0.5) is 26.4 Å². The number of hydrogen-bond acceptors (Lipinski definition) is 9. The number of imidazole rings is 1. The first-order valence-corrected chi connectivity index (χ1v) is 10.2. The quantitative estimate of drug-likeness (QED) is 0.471. The van der Waals surface area contributed by atoms with Crippen LogP contribution in [0.1, 0.15) is 12.2 Å². The number of fused-ring (bicyclic) bond motifs is 1. The number of anilines is 3. The number of pyridine rings is 1. The molecule has 3 aromatic heterocycles. The molecule has 0 bridgehead atoms. The molecular weight excluding hydrogens is 434 g/mol. The topological polar surface area (TPSA) is 103 Å². The number of nitrogens with zero attached hydrogens (tertiary/aromatic N) is 7. The smallest absolute Gasteiger partial charge is 0.296 e. The first-order valence-electron chi connectivity index (χ1n) is 10.2. The SMILES string of the molecule is COc1cccc2c1nc(C(F)F)n2-c1nc(Nc2cccnc2)nc(N2CCOCC2)n1. The minimum Gasteiger partial charge on any atom is -0.494 e. The van der Waals surface area contributed by atoms with E-state index in [0.717, 1.165) is 0 Å². The zero-order valence-corrected chi connectivity index (χ0v) is 17.7. The second-order valence-corrected chi connectivity index (χ2v) is 7.16. The normalized spacial score (nSPS) is 14.1. The van der Waals surface area contributed by atoms with Crippen molar-refractivity contribution in [2.45, 2.75) is 6.43 Å². The van der Waals surface area contributed by atoms with Crippen LogP contribution in [0.25, 0.3) is 17.0 Å². The van der Waals surface area contributed by atoms with Crippen molar-refractivity contribution in [2.75, 3.05) is 43.6 Å². The second-order valence-electron chi connectivity index (χ2n) is 7.16. The summed E-state index contributed by atoms with van der Waals surface area (Å²) in [6, 6.07) is 8.60. The highest BCUT2D eigenvalue weighted by Gasteiger charge is 2.25. The summed E-state index contributed by atoms with van der Waals surface area (Å²) in [5.74, 6) is 0.452. The van der Waals surface area contributed by atoms with E-state index in [2.05, 4.69) is 30.2 Å². The molecule has 12 heteroatoms. The van der Waals surface area contributed by atoms with Gasteiger partial charge in [-0.2, -0.15) is 15.0 Å². The third-order valence-electron chi connectivity index (χ3n) is 5.11. The molecule has 4 heterocycles. The molecule has 1 saturated heterocycles. The van der Waals surface area contributed by atoms with Gasteiger partial charge in [0.2, 0.25) is 17.8 Å². The number of nitrogens with one attached hydrogen (secondary N) is 1. The van der Waals surface area contributed by atoms with Crippen molar-refractivity contribution >= 4 is 28.6 Å². The van der Waals surface area contributed by atoms with E-state index in [1.807, 2.05) is 4.90 Å². The number of methoxy groups -OCH3 is 1. The van der Waals surface area contributed by atoms with Gasteiger partial charge in [-0.1, -0.05) is 6.07 Å². The lowest BCUT2D eigenvalue weighted by molar-refractivity contribution is 0.122. The molecule has 1 N–H and O–H groups in total. The highest BCUT2D eigenvalue weighted by molar-refractivity contribution is 5.84. The van der Waals surface area contributed by atoms with Gasteiger partial charge >= 0.3 is 0 Å². The number of benzene rings is 1. The van der Waals surface area contributed by atoms with Crippen molar-refractivity contribution in [3.63, 3.8) is 0 Å². The van der Waals surface area contributed by atoms with Crippen LogP contribution in [-0.2, 0) is 4.74 Å². The average Bonchev–Trinajstić information content (AvgIpc) is 3.25. The van der Waals surface area contributed by atoms with Crippen LogP contribution in [-0.4, -0.2) is 62.9 Å². The Balaban J connectivity index is 1.69. The van der Waals surface area contributed by atoms with E-state index < -0.39 is 12.2 Å². The number of ether oxygens (including phenoxy) is 2. The van der Waals surface area contributed by atoms with Crippen molar-refractivity contribution < 1.29 is 18.3 Å². The lowest BCUT2D eigenvalue weighted by atomic mass is 10.3. The van der Waals surface area contributed by atoms with E-state index in [0.29, 0.717) is 54.7 Å². The molecule has 10 nitrogen and oxygen atoms in total. The molecule has 1 aliphatic heterocycles. The Morgan fingerprint density at radius 2 is 1.85 bits per heavy atom. The molecule has 0 unspecified atom stereocenters. The molecule has 0 aliphatic carbocycles. The minimum atomic E-state index is -2.86. The van der Waals surface area contributed by atoms with Crippen molar-refractivity contribution in [3.05, 3.63) is 48.5 Å². The van der Waals surface area contributed by atoms with Crippen LogP contribution >= 0.6 is 0 Å². The maximum Gasteiger partial charge on any atom is 0.296 e. The Kier molecular flexibility index (Phi) is 5.65. The van der Waals surface area contributed by atoms with E-state index in [1.54, 1.807) is 42.7 Å². The van der Waals surface area contributed by atoms with E-state index in [-0.39, 0.29) is 11.9 Å². The van der Waals surface area contributed by atoms with Crippen molar-refractivity contribution in [1.82, 2.24) is 29.5 Å². The molecule has 0 saturated carbocycles. The molecule has 0 spiro atoms. The summed E-state index contributed by atoms with van der Waals surface area (Å²) in [5, 5.41) is 3.08. The monoisotopic (exact) mass is 454 g/mol. The fourth-order valence-corrected chi connectivity index (χ4v) is 3.59. The van der Waals surface area contributed by atoms with E-state index in [9.17, 15) is 8.78 Å².